The van der Waals surface area contributed by atoms with E-state index in [9.17, 15) is 10.1 Å². The molecule has 1 N–H and O–H groups in total. The minimum atomic E-state index is -0.276. The molecular formula is C18H22N8O. The number of anilines is 1. The Labute approximate surface area is 157 Å². The van der Waals surface area contributed by atoms with Crippen molar-refractivity contribution in [3.05, 3.63) is 29.7 Å². The van der Waals surface area contributed by atoms with E-state index in [1.807, 2.05) is 0 Å². The lowest BCUT2D eigenvalue weighted by atomic mass is 9.99. The second-order valence-corrected chi connectivity index (χ2v) is 7.06. The molecule has 0 bridgehead atoms. The quantitative estimate of drug-likeness (QED) is 0.862. The topological polar surface area (TPSA) is 113 Å². The lowest BCUT2D eigenvalue weighted by Gasteiger charge is -2.34. The average Bonchev–Trinajstić information content (AvgIpc) is 3.07. The van der Waals surface area contributed by atoms with Crippen molar-refractivity contribution in [3.8, 4) is 6.07 Å². The summed E-state index contributed by atoms with van der Waals surface area (Å²) in [6.07, 6.45) is 6.12. The van der Waals surface area contributed by atoms with Gasteiger partial charge in [-0.3, -0.25) is 4.79 Å². The number of nitriles is 1. The number of hydrogen-bond acceptors (Lipinski definition) is 7. The van der Waals surface area contributed by atoms with Crippen LogP contribution in [0.15, 0.2) is 18.3 Å². The SMILES string of the molecule is N#Cc1cccnc1N1CCC(NC(=O)[C@@H]2CCCCn3nnnc32)CC1. The van der Waals surface area contributed by atoms with Crippen LogP contribution in [0.2, 0.25) is 0 Å². The molecule has 1 saturated heterocycles. The Morgan fingerprint density at radius 3 is 2.89 bits per heavy atom. The largest absolute Gasteiger partial charge is 0.355 e. The van der Waals surface area contributed by atoms with Gasteiger partial charge >= 0.3 is 0 Å². The molecule has 1 amide bonds. The van der Waals surface area contributed by atoms with Crippen LogP contribution in [0.5, 0.6) is 0 Å². The van der Waals surface area contributed by atoms with Crippen molar-refractivity contribution in [1.82, 2.24) is 30.5 Å². The molecule has 4 rings (SSSR count). The van der Waals surface area contributed by atoms with Crippen LogP contribution in [-0.2, 0) is 11.3 Å². The molecule has 2 aliphatic heterocycles. The van der Waals surface area contributed by atoms with Crippen LogP contribution in [0.3, 0.4) is 0 Å². The molecule has 1 fully saturated rings. The molecule has 27 heavy (non-hydrogen) atoms. The maximum absolute atomic E-state index is 12.8. The van der Waals surface area contributed by atoms with E-state index in [2.05, 4.69) is 36.8 Å². The summed E-state index contributed by atoms with van der Waals surface area (Å²) in [7, 11) is 0. The lowest BCUT2D eigenvalue weighted by molar-refractivity contribution is -0.123. The fraction of sp³-hybridized carbons (Fsp3) is 0.556. The summed E-state index contributed by atoms with van der Waals surface area (Å²) in [6, 6.07) is 5.88. The van der Waals surface area contributed by atoms with Crippen molar-refractivity contribution < 1.29 is 4.79 Å². The maximum atomic E-state index is 12.8. The maximum Gasteiger partial charge on any atom is 0.231 e. The number of amides is 1. The smallest absolute Gasteiger partial charge is 0.231 e. The van der Waals surface area contributed by atoms with E-state index < -0.39 is 0 Å². The number of nitrogens with zero attached hydrogens (tertiary/aromatic N) is 7. The predicted octanol–water partition coefficient (Wildman–Crippen LogP) is 0.992. The number of hydrogen-bond donors (Lipinski definition) is 1. The van der Waals surface area contributed by atoms with Gasteiger partial charge < -0.3 is 10.2 Å². The second-order valence-electron chi connectivity index (χ2n) is 7.06. The van der Waals surface area contributed by atoms with Crippen LogP contribution < -0.4 is 10.2 Å². The van der Waals surface area contributed by atoms with E-state index in [-0.39, 0.29) is 17.9 Å². The average molecular weight is 366 g/mol. The highest BCUT2D eigenvalue weighted by Gasteiger charge is 2.31. The van der Waals surface area contributed by atoms with Crippen molar-refractivity contribution in [3.63, 3.8) is 0 Å². The fourth-order valence-corrected chi connectivity index (χ4v) is 3.88. The molecule has 2 aromatic heterocycles. The fourth-order valence-electron chi connectivity index (χ4n) is 3.88. The molecular weight excluding hydrogens is 344 g/mol. The second kappa shape index (κ2) is 7.70. The zero-order chi connectivity index (χ0) is 18.6. The number of piperidine rings is 1. The van der Waals surface area contributed by atoms with E-state index in [1.54, 1.807) is 23.0 Å². The summed E-state index contributed by atoms with van der Waals surface area (Å²) in [6.45, 7) is 2.30. The van der Waals surface area contributed by atoms with Crippen molar-refractivity contribution >= 4 is 11.7 Å². The Balaban J connectivity index is 1.37. The summed E-state index contributed by atoms with van der Waals surface area (Å²) in [4.78, 5) is 19.3. The zero-order valence-electron chi connectivity index (χ0n) is 15.1. The number of rotatable bonds is 3. The lowest BCUT2D eigenvalue weighted by Crippen LogP contribution is -2.46. The minimum Gasteiger partial charge on any atom is -0.355 e. The Bertz CT molecular complexity index is 849. The third kappa shape index (κ3) is 3.60. The third-order valence-corrected chi connectivity index (χ3v) is 5.35. The third-order valence-electron chi connectivity index (χ3n) is 5.35. The monoisotopic (exact) mass is 366 g/mol. The summed E-state index contributed by atoms with van der Waals surface area (Å²) in [5.41, 5.74) is 0.588. The number of aromatic nitrogens is 5. The number of nitrogens with one attached hydrogen (secondary N) is 1. The standard InChI is InChI=1S/C18H22N8O/c19-12-13-4-3-8-20-16(13)25-10-6-14(7-11-25)21-18(27)15-5-1-2-9-26-17(15)22-23-24-26/h3-4,8,14-15H,1-2,5-7,9-11H2,(H,21,27)/t15-/m1/s1. The number of carbonyl (C=O) groups excluding carboxylic acids is 1. The van der Waals surface area contributed by atoms with Crippen molar-refractivity contribution in [2.24, 2.45) is 0 Å². The van der Waals surface area contributed by atoms with Gasteiger partial charge in [-0.15, -0.1) is 5.10 Å². The zero-order valence-corrected chi connectivity index (χ0v) is 15.1. The Kier molecular flexibility index (Phi) is 4.96. The van der Waals surface area contributed by atoms with Gasteiger partial charge in [0.1, 0.15) is 11.9 Å². The first-order valence-corrected chi connectivity index (χ1v) is 9.43. The highest BCUT2D eigenvalue weighted by atomic mass is 16.2. The molecule has 1 atom stereocenters. The van der Waals surface area contributed by atoms with Crippen LogP contribution in [-0.4, -0.2) is 50.2 Å². The van der Waals surface area contributed by atoms with E-state index in [1.165, 1.54) is 0 Å². The molecule has 140 valence electrons. The predicted molar refractivity (Wildman–Crippen MR) is 96.7 cm³/mol. The number of tetrazole rings is 1. The van der Waals surface area contributed by atoms with Gasteiger partial charge in [-0.25, -0.2) is 9.67 Å². The number of aryl methyl sites for hydroxylation is 1. The molecule has 2 aromatic rings. The van der Waals surface area contributed by atoms with Gasteiger partial charge in [0, 0.05) is 31.9 Å². The first kappa shape index (κ1) is 17.4. The number of pyridine rings is 1. The first-order chi connectivity index (χ1) is 13.3. The van der Waals surface area contributed by atoms with Gasteiger partial charge in [0.2, 0.25) is 5.91 Å². The van der Waals surface area contributed by atoms with Crippen LogP contribution in [0, 0.1) is 11.3 Å². The van der Waals surface area contributed by atoms with E-state index in [4.69, 9.17) is 0 Å². The molecule has 0 aromatic carbocycles. The molecule has 0 aliphatic carbocycles. The molecule has 4 heterocycles. The molecule has 9 nitrogen and oxygen atoms in total. The van der Waals surface area contributed by atoms with Gasteiger partial charge in [-0.1, -0.05) is 6.42 Å². The summed E-state index contributed by atoms with van der Waals surface area (Å²) in [5.74, 6) is 1.14. The van der Waals surface area contributed by atoms with Gasteiger partial charge in [0.15, 0.2) is 5.82 Å². The van der Waals surface area contributed by atoms with Gasteiger partial charge in [0.25, 0.3) is 0 Å². The molecule has 2 aliphatic rings. The minimum absolute atomic E-state index is 0.0157. The number of carbonyl (C=O) groups is 1. The van der Waals surface area contributed by atoms with Gasteiger partial charge in [-0.05, 0) is 48.2 Å². The summed E-state index contributed by atoms with van der Waals surface area (Å²) in [5, 5.41) is 24.2. The molecule has 0 spiro atoms. The van der Waals surface area contributed by atoms with Gasteiger partial charge in [0.05, 0.1) is 11.5 Å². The van der Waals surface area contributed by atoms with Gasteiger partial charge in [-0.2, -0.15) is 5.26 Å². The molecule has 9 heteroatoms. The van der Waals surface area contributed by atoms with E-state index in [0.29, 0.717) is 11.4 Å². The Morgan fingerprint density at radius 2 is 2.07 bits per heavy atom. The molecule has 0 radical (unpaired) electrons. The summed E-state index contributed by atoms with van der Waals surface area (Å²) >= 11 is 0. The summed E-state index contributed by atoms with van der Waals surface area (Å²) < 4.78 is 1.75. The molecule has 0 unspecified atom stereocenters. The highest BCUT2D eigenvalue weighted by molar-refractivity contribution is 5.83. The van der Waals surface area contributed by atoms with Crippen molar-refractivity contribution in [1.29, 1.82) is 5.26 Å². The van der Waals surface area contributed by atoms with Crippen LogP contribution in [0.25, 0.3) is 0 Å². The van der Waals surface area contributed by atoms with Crippen LogP contribution >= 0.6 is 0 Å². The van der Waals surface area contributed by atoms with E-state index >= 15 is 0 Å². The first-order valence-electron chi connectivity index (χ1n) is 9.43. The number of fused-ring (bicyclic) bond motifs is 1. The van der Waals surface area contributed by atoms with Crippen LogP contribution in [0.4, 0.5) is 5.82 Å². The van der Waals surface area contributed by atoms with E-state index in [0.717, 1.165) is 57.6 Å². The normalized spacial score (nSPS) is 20.4. The Morgan fingerprint density at radius 1 is 1.22 bits per heavy atom. The molecule has 0 saturated carbocycles. The van der Waals surface area contributed by atoms with Crippen molar-refractivity contribution in [2.75, 3.05) is 18.0 Å². The Hall–Kier alpha value is -3.02. The van der Waals surface area contributed by atoms with Crippen molar-refractivity contribution in [2.45, 2.75) is 50.6 Å². The van der Waals surface area contributed by atoms with Crippen LogP contribution in [0.1, 0.15) is 49.4 Å². The highest BCUT2D eigenvalue weighted by Crippen LogP contribution is 2.25.